The normalized spacial score (nSPS) is 13.3. The van der Waals surface area contributed by atoms with Gasteiger partial charge in [0.2, 0.25) is 0 Å². The number of halogens is 1. The van der Waals surface area contributed by atoms with Crippen LogP contribution in [0.4, 0.5) is 4.39 Å². The second kappa shape index (κ2) is 15.7. The van der Waals surface area contributed by atoms with Crippen molar-refractivity contribution in [2.75, 3.05) is 12.4 Å². The maximum absolute atomic E-state index is 12.5. The maximum atomic E-state index is 12.5. The van der Waals surface area contributed by atoms with Gasteiger partial charge in [0.1, 0.15) is 4.93 Å². The van der Waals surface area contributed by atoms with Crippen molar-refractivity contribution in [2.24, 2.45) is 0 Å². The number of alkyl halides is 1. The molecule has 166 valence electrons. The monoisotopic (exact) mass is 426 g/mol. The highest BCUT2D eigenvalue weighted by molar-refractivity contribution is 8.00. The summed E-state index contributed by atoms with van der Waals surface area (Å²) in [6.07, 6.45) is 11.9. The van der Waals surface area contributed by atoms with Gasteiger partial charge in [0.05, 0.1) is 13.1 Å². The van der Waals surface area contributed by atoms with Gasteiger partial charge < -0.3 is 10.2 Å². The highest BCUT2D eigenvalue weighted by atomic mass is 32.2. The average Bonchev–Trinajstić information content (AvgIpc) is 2.68. The molecule has 1 rings (SSSR count). The second-order valence-electron chi connectivity index (χ2n) is 7.90. The van der Waals surface area contributed by atoms with Crippen LogP contribution in [-0.2, 0) is 17.6 Å². The fraction of sp³-hybridized carbons (Fsp3) is 0.708. The molecule has 1 aromatic carbocycles. The summed E-state index contributed by atoms with van der Waals surface area (Å²) in [7, 11) is 0. The van der Waals surface area contributed by atoms with Crippen molar-refractivity contribution in [3.8, 4) is 0 Å². The molecule has 3 nitrogen and oxygen atoms in total. The van der Waals surface area contributed by atoms with E-state index in [2.05, 4.69) is 19.1 Å². The van der Waals surface area contributed by atoms with Crippen LogP contribution in [-0.4, -0.2) is 33.5 Å². The molecule has 0 bridgehead atoms. The molecular weight excluding hydrogens is 387 g/mol. The van der Waals surface area contributed by atoms with E-state index in [0.717, 1.165) is 18.4 Å². The fourth-order valence-corrected chi connectivity index (χ4v) is 4.78. The van der Waals surface area contributed by atoms with E-state index in [1.807, 2.05) is 12.1 Å². The minimum Gasteiger partial charge on any atom is -0.481 e. The van der Waals surface area contributed by atoms with Crippen molar-refractivity contribution in [2.45, 2.75) is 95.3 Å². The largest absolute Gasteiger partial charge is 0.481 e. The quantitative estimate of drug-likeness (QED) is 0.206. The first-order chi connectivity index (χ1) is 14.0. The number of carboxylic acid groups (broad SMARTS) is 1. The van der Waals surface area contributed by atoms with Crippen LogP contribution in [0.15, 0.2) is 24.3 Å². The number of hydrogen-bond acceptors (Lipinski definition) is 3. The summed E-state index contributed by atoms with van der Waals surface area (Å²) < 4.78 is 12.5. The molecule has 5 heteroatoms. The summed E-state index contributed by atoms with van der Waals surface area (Å²) >= 11 is 1.30. The van der Waals surface area contributed by atoms with Crippen LogP contribution >= 0.6 is 11.8 Å². The molecule has 29 heavy (non-hydrogen) atoms. The van der Waals surface area contributed by atoms with E-state index in [-0.39, 0.29) is 13.1 Å². The molecular formula is C24H39FO3S. The van der Waals surface area contributed by atoms with Crippen LogP contribution in [0.25, 0.3) is 0 Å². The zero-order valence-electron chi connectivity index (χ0n) is 18.0. The number of aliphatic carboxylic acids is 1. The molecule has 1 atom stereocenters. The van der Waals surface area contributed by atoms with Crippen LogP contribution in [0, 0.1) is 0 Å². The molecule has 0 unspecified atom stereocenters. The number of carbonyl (C=O) groups is 1. The molecule has 0 heterocycles. The van der Waals surface area contributed by atoms with Crippen LogP contribution in [0.5, 0.6) is 0 Å². The highest BCUT2D eigenvalue weighted by Crippen LogP contribution is 2.34. The molecule has 0 saturated heterocycles. The smallest absolute Gasteiger partial charge is 0.304 e. The predicted molar refractivity (Wildman–Crippen MR) is 121 cm³/mol. The number of carboxylic acids is 1. The van der Waals surface area contributed by atoms with Gasteiger partial charge in [-0.3, -0.25) is 9.18 Å². The molecule has 0 aliphatic rings. The van der Waals surface area contributed by atoms with E-state index in [4.69, 9.17) is 5.11 Å². The van der Waals surface area contributed by atoms with Gasteiger partial charge in [0.25, 0.3) is 0 Å². The zero-order valence-corrected chi connectivity index (χ0v) is 18.8. The van der Waals surface area contributed by atoms with Gasteiger partial charge in [-0.15, -0.1) is 11.8 Å². The van der Waals surface area contributed by atoms with E-state index >= 15 is 0 Å². The molecule has 1 aromatic rings. The Hall–Kier alpha value is -1.07. The Morgan fingerprint density at radius 1 is 1.00 bits per heavy atom. The van der Waals surface area contributed by atoms with Crippen LogP contribution in [0.2, 0.25) is 0 Å². The van der Waals surface area contributed by atoms with Gasteiger partial charge in [0.15, 0.2) is 0 Å². The first-order valence-corrected chi connectivity index (χ1v) is 12.2. The topological polar surface area (TPSA) is 57.5 Å². The van der Waals surface area contributed by atoms with Crippen molar-refractivity contribution < 1.29 is 19.4 Å². The van der Waals surface area contributed by atoms with Crippen LogP contribution in [0.1, 0.15) is 88.7 Å². The molecule has 0 radical (unpaired) electrons. The highest BCUT2D eigenvalue weighted by Gasteiger charge is 2.28. The number of benzene rings is 1. The maximum Gasteiger partial charge on any atom is 0.304 e. The predicted octanol–water partition coefficient (Wildman–Crippen LogP) is 6.56. The lowest BCUT2D eigenvalue weighted by atomic mass is 9.95. The van der Waals surface area contributed by atoms with Gasteiger partial charge in [-0.1, -0.05) is 69.7 Å². The number of hydrogen-bond donors (Lipinski definition) is 2. The summed E-state index contributed by atoms with van der Waals surface area (Å²) in [5, 5.41) is 20.1. The Morgan fingerprint density at radius 2 is 1.66 bits per heavy atom. The zero-order chi connectivity index (χ0) is 21.4. The first-order valence-electron chi connectivity index (χ1n) is 11.2. The summed E-state index contributed by atoms with van der Waals surface area (Å²) in [4.78, 5) is 9.80. The van der Waals surface area contributed by atoms with Crippen molar-refractivity contribution in [1.82, 2.24) is 0 Å². The molecule has 0 fully saturated rings. The molecule has 0 spiro atoms. The summed E-state index contributed by atoms with van der Waals surface area (Å²) in [5.41, 5.74) is 2.40. The van der Waals surface area contributed by atoms with Crippen molar-refractivity contribution >= 4 is 17.7 Å². The number of thioether (sulfide) groups is 1. The lowest BCUT2D eigenvalue weighted by Crippen LogP contribution is -2.29. The van der Waals surface area contributed by atoms with Crippen molar-refractivity contribution in [3.63, 3.8) is 0 Å². The van der Waals surface area contributed by atoms with E-state index < -0.39 is 10.9 Å². The number of aliphatic hydroxyl groups is 1. The second-order valence-corrected chi connectivity index (χ2v) is 9.36. The van der Waals surface area contributed by atoms with Crippen molar-refractivity contribution in [1.29, 1.82) is 0 Å². The molecule has 0 aliphatic heterocycles. The minimum atomic E-state index is -1.04. The van der Waals surface area contributed by atoms with Crippen LogP contribution in [0.3, 0.4) is 0 Å². The number of unbranched alkanes of at least 4 members (excludes halogenated alkanes) is 7. The Balaban J connectivity index is 2.63. The summed E-state index contributed by atoms with van der Waals surface area (Å²) in [6.45, 7) is 1.85. The van der Waals surface area contributed by atoms with E-state index in [1.54, 1.807) is 0 Å². The Morgan fingerprint density at radius 3 is 2.31 bits per heavy atom. The third-order valence-corrected chi connectivity index (χ3v) is 6.57. The van der Waals surface area contributed by atoms with Gasteiger partial charge in [-0.05, 0) is 43.2 Å². The van der Waals surface area contributed by atoms with E-state index in [9.17, 15) is 14.3 Å². The summed E-state index contributed by atoms with van der Waals surface area (Å²) in [5.74, 6) is -0.496. The van der Waals surface area contributed by atoms with Crippen molar-refractivity contribution in [3.05, 3.63) is 35.4 Å². The molecule has 0 saturated carbocycles. The lowest BCUT2D eigenvalue weighted by molar-refractivity contribution is -0.136. The number of rotatable bonds is 18. The number of aryl methyl sites for hydroxylation is 1. The standard InChI is InChI=1S/C24H39FO3S/c1-2-3-4-5-6-7-8-13-21-14-9-10-15-22(21)20-24(28,17-11-12-18-25)29-19-16-23(26)27/h9-10,14-15,28H,2-8,11-13,16-20H2,1H3,(H,26,27)/t24-/m0/s1. The SMILES string of the molecule is CCCCCCCCCc1ccccc1C[C@](O)(CCCCF)SCCC(=O)O. The molecule has 2 N–H and O–H groups in total. The molecule has 0 amide bonds. The van der Waals surface area contributed by atoms with E-state index in [0.29, 0.717) is 31.4 Å². The van der Waals surface area contributed by atoms with Gasteiger partial charge in [-0.2, -0.15) is 0 Å². The molecule has 0 aromatic heterocycles. The third-order valence-electron chi connectivity index (χ3n) is 5.27. The Bertz CT molecular complexity index is 567. The Labute approximate surface area is 180 Å². The lowest BCUT2D eigenvalue weighted by Gasteiger charge is -2.28. The average molecular weight is 427 g/mol. The summed E-state index contributed by atoms with van der Waals surface area (Å²) in [6, 6.07) is 8.23. The first kappa shape index (κ1) is 26.0. The third kappa shape index (κ3) is 12.3. The fourth-order valence-electron chi connectivity index (χ4n) is 3.58. The van der Waals surface area contributed by atoms with Gasteiger partial charge in [0, 0.05) is 12.2 Å². The van der Waals surface area contributed by atoms with Gasteiger partial charge in [-0.25, -0.2) is 0 Å². The molecule has 0 aliphatic carbocycles. The van der Waals surface area contributed by atoms with Gasteiger partial charge >= 0.3 is 5.97 Å². The van der Waals surface area contributed by atoms with Crippen LogP contribution < -0.4 is 0 Å². The van der Waals surface area contributed by atoms with E-state index in [1.165, 1.54) is 55.9 Å². The Kier molecular flexibility index (Phi) is 14.1. The minimum absolute atomic E-state index is 0.0236.